The SMILES string of the molecule is N#C[C@@H]1SC=CN1C(=O)CNC1CCC(C(=O)N2CCOCC2)CC1. The molecule has 0 bridgehead atoms. The highest BCUT2D eigenvalue weighted by atomic mass is 32.2. The van der Waals surface area contributed by atoms with Crippen LogP contribution in [0.5, 0.6) is 0 Å². The Hall–Kier alpha value is -1.56. The number of thioether (sulfide) groups is 1. The highest BCUT2D eigenvalue weighted by Gasteiger charge is 2.31. The number of hydrogen-bond acceptors (Lipinski definition) is 6. The smallest absolute Gasteiger partial charge is 0.242 e. The summed E-state index contributed by atoms with van der Waals surface area (Å²) in [5.41, 5.74) is 0. The molecule has 2 amide bonds. The van der Waals surface area contributed by atoms with E-state index in [1.165, 1.54) is 16.7 Å². The number of nitrogens with zero attached hydrogens (tertiary/aromatic N) is 3. The molecule has 2 aliphatic heterocycles. The van der Waals surface area contributed by atoms with Crippen molar-refractivity contribution in [2.45, 2.75) is 37.1 Å². The second-order valence-corrected chi connectivity index (χ2v) is 7.56. The van der Waals surface area contributed by atoms with E-state index in [-0.39, 0.29) is 30.3 Å². The van der Waals surface area contributed by atoms with Gasteiger partial charge in [0.05, 0.1) is 25.8 Å². The molecular weight excluding hydrogens is 340 g/mol. The normalized spacial score (nSPS) is 29.5. The Morgan fingerprint density at radius 3 is 2.64 bits per heavy atom. The summed E-state index contributed by atoms with van der Waals surface area (Å²) >= 11 is 1.34. The lowest BCUT2D eigenvalue weighted by atomic mass is 9.85. The molecule has 0 aromatic rings. The fourth-order valence-electron chi connectivity index (χ4n) is 3.53. The van der Waals surface area contributed by atoms with Crippen LogP contribution < -0.4 is 5.32 Å². The first-order valence-electron chi connectivity index (χ1n) is 8.82. The zero-order valence-corrected chi connectivity index (χ0v) is 15.0. The first kappa shape index (κ1) is 18.2. The highest BCUT2D eigenvalue weighted by Crippen LogP contribution is 2.27. The van der Waals surface area contributed by atoms with E-state index in [1.54, 1.807) is 11.6 Å². The molecule has 2 fully saturated rings. The van der Waals surface area contributed by atoms with Gasteiger partial charge in [-0.1, -0.05) is 11.8 Å². The number of carbonyl (C=O) groups excluding carboxylic acids is 2. The lowest BCUT2D eigenvalue weighted by molar-refractivity contribution is -0.141. The molecule has 0 aromatic heterocycles. The van der Waals surface area contributed by atoms with Crippen LogP contribution in [0.4, 0.5) is 0 Å². The molecule has 1 saturated carbocycles. The predicted octanol–water partition coefficient (Wildman–Crippen LogP) is 0.890. The van der Waals surface area contributed by atoms with Gasteiger partial charge in [0.1, 0.15) is 0 Å². The molecule has 136 valence electrons. The van der Waals surface area contributed by atoms with Crippen LogP contribution in [0, 0.1) is 17.2 Å². The van der Waals surface area contributed by atoms with Crippen LogP contribution >= 0.6 is 11.8 Å². The van der Waals surface area contributed by atoms with Gasteiger partial charge in [-0.15, -0.1) is 0 Å². The van der Waals surface area contributed by atoms with E-state index in [9.17, 15) is 9.59 Å². The van der Waals surface area contributed by atoms with Gasteiger partial charge in [0.25, 0.3) is 0 Å². The molecule has 1 aliphatic carbocycles. The molecule has 1 N–H and O–H groups in total. The van der Waals surface area contributed by atoms with E-state index >= 15 is 0 Å². The van der Waals surface area contributed by atoms with Crippen molar-refractivity contribution in [3.8, 4) is 6.07 Å². The third-order valence-electron chi connectivity index (χ3n) is 5.02. The molecule has 0 aromatic carbocycles. The largest absolute Gasteiger partial charge is 0.378 e. The lowest BCUT2D eigenvalue weighted by Gasteiger charge is -2.34. The lowest BCUT2D eigenvalue weighted by Crippen LogP contribution is -2.46. The second-order valence-electron chi connectivity index (χ2n) is 6.57. The summed E-state index contributed by atoms with van der Waals surface area (Å²) in [6, 6.07) is 2.37. The van der Waals surface area contributed by atoms with Crippen LogP contribution in [0.2, 0.25) is 0 Å². The van der Waals surface area contributed by atoms with Gasteiger partial charge in [-0.25, -0.2) is 0 Å². The Bertz CT molecular complexity index is 563. The Morgan fingerprint density at radius 2 is 1.96 bits per heavy atom. The van der Waals surface area contributed by atoms with Crippen LogP contribution in [0.1, 0.15) is 25.7 Å². The number of hydrogen-bond donors (Lipinski definition) is 1. The van der Waals surface area contributed by atoms with E-state index in [0.717, 1.165) is 25.7 Å². The zero-order valence-electron chi connectivity index (χ0n) is 14.2. The zero-order chi connectivity index (χ0) is 17.6. The van der Waals surface area contributed by atoms with Crippen LogP contribution in [-0.2, 0) is 14.3 Å². The maximum Gasteiger partial charge on any atom is 0.242 e. The third kappa shape index (κ3) is 4.54. The molecule has 0 spiro atoms. The molecule has 3 rings (SSSR count). The number of amides is 2. The monoisotopic (exact) mass is 364 g/mol. The Kier molecular flexibility index (Phi) is 6.34. The van der Waals surface area contributed by atoms with Gasteiger partial charge in [-0.3, -0.25) is 14.5 Å². The van der Waals surface area contributed by atoms with Crippen LogP contribution in [0.3, 0.4) is 0 Å². The fourth-order valence-corrected chi connectivity index (χ4v) is 4.26. The minimum absolute atomic E-state index is 0.0840. The third-order valence-corrected chi connectivity index (χ3v) is 5.89. The summed E-state index contributed by atoms with van der Waals surface area (Å²) in [5.74, 6) is 0.279. The number of ether oxygens (including phenoxy) is 1. The first-order chi connectivity index (χ1) is 12.2. The summed E-state index contributed by atoms with van der Waals surface area (Å²) in [6.45, 7) is 2.91. The topological polar surface area (TPSA) is 85.7 Å². The van der Waals surface area contributed by atoms with E-state index < -0.39 is 5.37 Å². The van der Waals surface area contributed by atoms with Gasteiger partial charge < -0.3 is 15.0 Å². The number of rotatable bonds is 4. The van der Waals surface area contributed by atoms with Gasteiger partial charge >= 0.3 is 0 Å². The molecule has 7 nitrogen and oxygen atoms in total. The highest BCUT2D eigenvalue weighted by molar-refractivity contribution is 8.03. The molecule has 2 heterocycles. The summed E-state index contributed by atoms with van der Waals surface area (Å²) < 4.78 is 5.30. The van der Waals surface area contributed by atoms with Crippen LogP contribution in [-0.4, -0.2) is 65.9 Å². The van der Waals surface area contributed by atoms with Gasteiger partial charge in [-0.2, -0.15) is 5.26 Å². The standard InChI is InChI=1S/C17H24N4O3S/c18-11-16-21(7-10-25-16)15(22)12-19-14-3-1-13(2-4-14)17(23)20-5-8-24-9-6-20/h7,10,13-14,16,19H,1-6,8-9,12H2/t13?,14?,16-/m0/s1. The van der Waals surface area contributed by atoms with Gasteiger partial charge in [0.15, 0.2) is 5.37 Å². The van der Waals surface area contributed by atoms with Crippen molar-refractivity contribution in [2.75, 3.05) is 32.8 Å². The minimum atomic E-state index is -0.448. The summed E-state index contributed by atoms with van der Waals surface area (Å²) in [4.78, 5) is 28.1. The Balaban J connectivity index is 1.39. The maximum absolute atomic E-state index is 12.5. The number of nitriles is 1. The van der Waals surface area contributed by atoms with Crippen molar-refractivity contribution in [3.05, 3.63) is 11.6 Å². The summed E-state index contributed by atoms with van der Waals surface area (Å²) in [7, 11) is 0. The predicted molar refractivity (Wildman–Crippen MR) is 94.1 cm³/mol. The molecule has 25 heavy (non-hydrogen) atoms. The van der Waals surface area contributed by atoms with Crippen molar-refractivity contribution < 1.29 is 14.3 Å². The van der Waals surface area contributed by atoms with Crippen molar-refractivity contribution in [1.82, 2.24) is 15.1 Å². The molecular formula is C17H24N4O3S. The van der Waals surface area contributed by atoms with E-state index in [4.69, 9.17) is 10.00 Å². The average molecular weight is 364 g/mol. The minimum Gasteiger partial charge on any atom is -0.378 e. The van der Waals surface area contributed by atoms with E-state index in [0.29, 0.717) is 26.3 Å². The number of carbonyl (C=O) groups is 2. The van der Waals surface area contributed by atoms with E-state index in [2.05, 4.69) is 11.4 Å². The number of morpholine rings is 1. The Morgan fingerprint density at radius 1 is 1.24 bits per heavy atom. The molecule has 0 radical (unpaired) electrons. The van der Waals surface area contributed by atoms with Crippen molar-refractivity contribution in [2.24, 2.45) is 5.92 Å². The van der Waals surface area contributed by atoms with Crippen molar-refractivity contribution in [3.63, 3.8) is 0 Å². The number of nitrogens with one attached hydrogen (secondary N) is 1. The summed E-state index contributed by atoms with van der Waals surface area (Å²) in [5, 5.41) is 13.6. The van der Waals surface area contributed by atoms with Crippen molar-refractivity contribution >= 4 is 23.6 Å². The quantitative estimate of drug-likeness (QED) is 0.797. The Labute approximate surface area is 152 Å². The maximum atomic E-state index is 12.5. The van der Waals surface area contributed by atoms with Gasteiger partial charge in [-0.05, 0) is 31.1 Å². The molecule has 0 unspecified atom stereocenters. The van der Waals surface area contributed by atoms with Gasteiger partial charge in [0, 0.05) is 31.2 Å². The molecule has 3 aliphatic rings. The summed E-state index contributed by atoms with van der Waals surface area (Å²) in [6.07, 6.45) is 5.20. The first-order valence-corrected chi connectivity index (χ1v) is 9.76. The van der Waals surface area contributed by atoms with Crippen LogP contribution in [0.25, 0.3) is 0 Å². The average Bonchev–Trinajstić information content (AvgIpc) is 3.15. The molecule has 1 saturated heterocycles. The second kappa shape index (κ2) is 8.70. The molecule has 1 atom stereocenters. The van der Waals surface area contributed by atoms with Crippen molar-refractivity contribution in [1.29, 1.82) is 5.26 Å². The van der Waals surface area contributed by atoms with Gasteiger partial charge in [0.2, 0.25) is 11.8 Å². The van der Waals surface area contributed by atoms with Crippen LogP contribution in [0.15, 0.2) is 11.6 Å². The fraction of sp³-hybridized carbons (Fsp3) is 0.706. The molecule has 8 heteroatoms. The van der Waals surface area contributed by atoms with E-state index in [1.807, 2.05) is 4.90 Å².